The van der Waals surface area contributed by atoms with E-state index in [1.165, 1.54) is 37.1 Å². The van der Waals surface area contributed by atoms with Crippen molar-refractivity contribution in [2.45, 2.75) is 6.42 Å². The van der Waals surface area contributed by atoms with Crippen molar-refractivity contribution < 1.29 is 4.74 Å². The third-order valence-electron chi connectivity index (χ3n) is 10.1. The van der Waals surface area contributed by atoms with Gasteiger partial charge in [0.25, 0.3) is 0 Å². The van der Waals surface area contributed by atoms with E-state index in [9.17, 15) is 0 Å². The van der Waals surface area contributed by atoms with Crippen LogP contribution in [-0.4, -0.2) is 4.98 Å². The molecule has 7 aromatic carbocycles. The highest BCUT2D eigenvalue weighted by Gasteiger charge is 2.54. The summed E-state index contributed by atoms with van der Waals surface area (Å²) < 4.78 is 6.96. The Labute approximate surface area is 319 Å². The number of hydrogen-bond acceptors (Lipinski definition) is 2. The van der Waals surface area contributed by atoms with Crippen molar-refractivity contribution in [3.05, 3.63) is 242 Å². The standard InChI is InChI=1S/C50H41NOP2/c1-40(53(42-24-8-2-9-25-42,43-26-10-3-11-27-43)44-28-12-4-13-29-44)38-48(39-52-49-36-20-22-41-23-21-37-51-50(41)49)54(45-30-14-5-15-31-45,46-32-16-6-17-33-46)47-34-18-7-19-35-47/h2-37,39H,1,38H2/q+2. The smallest absolute Gasteiger partial charge is 0.152 e. The maximum atomic E-state index is 6.96. The molecule has 4 heteroatoms. The van der Waals surface area contributed by atoms with E-state index in [2.05, 4.69) is 194 Å². The SMILES string of the molecule is C=C(CC(=COc1cccc2cccnc12)[P+](c1ccccc1)(c1ccccc1)c1ccccc1)[P+](c1ccccc1)(c1ccccc1)c1ccccc1. The molecule has 2 nitrogen and oxygen atoms in total. The Balaban J connectivity index is 1.43. The molecule has 0 bridgehead atoms. The minimum absolute atomic E-state index is 0.594. The number of nitrogens with zero attached hydrogens (tertiary/aromatic N) is 1. The van der Waals surface area contributed by atoms with Gasteiger partial charge in [0.1, 0.15) is 63.4 Å². The van der Waals surface area contributed by atoms with Crippen LogP contribution in [0.3, 0.4) is 0 Å². The normalized spacial score (nSPS) is 12.0. The number of para-hydroxylation sites is 1. The van der Waals surface area contributed by atoms with E-state index in [1.54, 1.807) is 0 Å². The summed E-state index contributed by atoms with van der Waals surface area (Å²) in [6, 6.07) is 76.2. The van der Waals surface area contributed by atoms with Crippen LogP contribution in [0.25, 0.3) is 10.9 Å². The van der Waals surface area contributed by atoms with Crippen LogP contribution in [0.1, 0.15) is 6.42 Å². The van der Waals surface area contributed by atoms with Crippen molar-refractivity contribution in [2.75, 3.05) is 0 Å². The highest BCUT2D eigenvalue weighted by Crippen LogP contribution is 2.69. The number of benzene rings is 7. The number of ether oxygens (including phenoxy) is 1. The second kappa shape index (κ2) is 16.0. The molecule has 0 amide bonds. The predicted molar refractivity (Wildman–Crippen MR) is 235 cm³/mol. The molecule has 54 heavy (non-hydrogen) atoms. The van der Waals surface area contributed by atoms with Gasteiger partial charge in [0, 0.05) is 11.6 Å². The Bertz CT molecular complexity index is 2290. The largest absolute Gasteiger partial charge is 0.459 e. The third kappa shape index (κ3) is 6.50. The number of hydrogen-bond donors (Lipinski definition) is 0. The summed E-state index contributed by atoms with van der Waals surface area (Å²) in [6.45, 7) is 5.15. The van der Waals surface area contributed by atoms with Gasteiger partial charge in [-0.1, -0.05) is 134 Å². The number of fused-ring (bicyclic) bond motifs is 1. The van der Waals surface area contributed by atoms with Gasteiger partial charge in [0.2, 0.25) is 0 Å². The lowest BCUT2D eigenvalue weighted by Gasteiger charge is -2.33. The molecular weight excluding hydrogens is 693 g/mol. The van der Waals surface area contributed by atoms with Gasteiger partial charge in [0.15, 0.2) is 5.75 Å². The first-order valence-electron chi connectivity index (χ1n) is 18.2. The molecule has 0 aliphatic rings. The number of rotatable bonds is 12. The van der Waals surface area contributed by atoms with Gasteiger partial charge in [0.05, 0.1) is 11.7 Å². The highest BCUT2D eigenvalue weighted by atomic mass is 31.2. The molecule has 0 spiro atoms. The number of allylic oxidation sites excluding steroid dienone is 2. The average Bonchev–Trinajstić information content (AvgIpc) is 3.25. The first-order chi connectivity index (χ1) is 26.7. The van der Waals surface area contributed by atoms with Crippen molar-refractivity contribution in [1.29, 1.82) is 0 Å². The zero-order valence-corrected chi connectivity index (χ0v) is 31.8. The molecule has 260 valence electrons. The molecule has 0 saturated heterocycles. The van der Waals surface area contributed by atoms with E-state index < -0.39 is 14.5 Å². The third-order valence-corrected chi connectivity index (χ3v) is 18.7. The number of pyridine rings is 1. The van der Waals surface area contributed by atoms with Crippen LogP contribution >= 0.6 is 14.5 Å². The maximum Gasteiger partial charge on any atom is 0.152 e. The summed E-state index contributed by atoms with van der Waals surface area (Å²) in [7, 11) is -5.05. The monoisotopic (exact) mass is 733 g/mol. The first-order valence-corrected chi connectivity index (χ1v) is 21.8. The van der Waals surface area contributed by atoms with Crippen LogP contribution in [-0.2, 0) is 0 Å². The van der Waals surface area contributed by atoms with Gasteiger partial charge >= 0.3 is 0 Å². The van der Waals surface area contributed by atoms with E-state index in [0.29, 0.717) is 6.42 Å². The van der Waals surface area contributed by atoms with E-state index in [4.69, 9.17) is 16.3 Å². The fraction of sp³-hybridized carbons (Fsp3) is 0.0200. The fourth-order valence-corrected chi connectivity index (χ4v) is 16.5. The van der Waals surface area contributed by atoms with E-state index in [0.717, 1.165) is 22.0 Å². The average molecular weight is 734 g/mol. The van der Waals surface area contributed by atoms with Crippen molar-refractivity contribution in [3.8, 4) is 5.75 Å². The summed E-state index contributed by atoms with van der Waals surface area (Å²) in [4.78, 5) is 4.76. The second-order valence-electron chi connectivity index (χ2n) is 13.2. The van der Waals surface area contributed by atoms with Crippen LogP contribution < -0.4 is 36.6 Å². The molecular formula is C50H41NOP2+2. The zero-order valence-electron chi connectivity index (χ0n) is 30.0. The van der Waals surface area contributed by atoms with Crippen molar-refractivity contribution in [1.82, 2.24) is 4.98 Å². The molecule has 0 fully saturated rings. The molecule has 1 aromatic heterocycles. The summed E-state index contributed by atoms with van der Waals surface area (Å²) in [5.41, 5.74) is 0.831. The maximum absolute atomic E-state index is 6.96. The van der Waals surface area contributed by atoms with Crippen LogP contribution in [0.15, 0.2) is 242 Å². The van der Waals surface area contributed by atoms with Crippen molar-refractivity contribution in [2.24, 2.45) is 0 Å². The van der Waals surface area contributed by atoms with Gasteiger partial charge in [-0.25, -0.2) is 0 Å². The van der Waals surface area contributed by atoms with Gasteiger partial charge in [-0.15, -0.1) is 0 Å². The molecule has 0 aliphatic heterocycles. The van der Waals surface area contributed by atoms with Crippen LogP contribution in [0, 0.1) is 0 Å². The number of aromatic nitrogens is 1. The summed E-state index contributed by atoms with van der Waals surface area (Å²) in [5, 5.41) is 10.9. The van der Waals surface area contributed by atoms with Crippen molar-refractivity contribution >= 4 is 57.3 Å². The minimum atomic E-state index is -2.59. The predicted octanol–water partition coefficient (Wildman–Crippen LogP) is 10.3. The van der Waals surface area contributed by atoms with Crippen molar-refractivity contribution in [3.63, 3.8) is 0 Å². The summed E-state index contributed by atoms with van der Waals surface area (Å²) in [5.74, 6) is 0.721. The lowest BCUT2D eigenvalue weighted by molar-refractivity contribution is 0.482. The quantitative estimate of drug-likeness (QED) is 0.0922. The molecule has 0 N–H and O–H groups in total. The van der Waals surface area contributed by atoms with E-state index >= 15 is 0 Å². The summed E-state index contributed by atoms with van der Waals surface area (Å²) in [6.07, 6.45) is 4.47. The van der Waals surface area contributed by atoms with Gasteiger partial charge in [-0.2, -0.15) is 0 Å². The van der Waals surface area contributed by atoms with Gasteiger partial charge in [-0.3, -0.25) is 4.98 Å². The Morgan fingerprint density at radius 1 is 0.444 bits per heavy atom. The Morgan fingerprint density at radius 2 is 0.815 bits per heavy atom. The minimum Gasteiger partial charge on any atom is -0.459 e. The van der Waals surface area contributed by atoms with Gasteiger partial charge < -0.3 is 4.74 Å². The molecule has 0 radical (unpaired) electrons. The van der Waals surface area contributed by atoms with E-state index in [-0.39, 0.29) is 0 Å². The van der Waals surface area contributed by atoms with Crippen LogP contribution in [0.4, 0.5) is 0 Å². The topological polar surface area (TPSA) is 22.1 Å². The molecule has 0 atom stereocenters. The molecule has 0 unspecified atom stereocenters. The summed E-state index contributed by atoms with van der Waals surface area (Å²) >= 11 is 0. The highest BCUT2D eigenvalue weighted by molar-refractivity contribution is 8.00. The van der Waals surface area contributed by atoms with Crippen LogP contribution in [0.2, 0.25) is 0 Å². The Kier molecular flexibility index (Phi) is 10.4. The molecule has 1 heterocycles. The Hall–Kier alpha value is -5.91. The van der Waals surface area contributed by atoms with Crippen LogP contribution in [0.5, 0.6) is 5.75 Å². The molecule has 8 rings (SSSR count). The lowest BCUT2D eigenvalue weighted by Crippen LogP contribution is -2.35. The molecule has 0 saturated carbocycles. The zero-order chi connectivity index (χ0) is 36.6. The molecule has 8 aromatic rings. The first kappa shape index (κ1) is 35.1. The second-order valence-corrected chi connectivity index (χ2v) is 20.1. The lowest BCUT2D eigenvalue weighted by atomic mass is 10.2. The fourth-order valence-electron chi connectivity index (χ4n) is 7.72. The van der Waals surface area contributed by atoms with E-state index in [1.807, 2.05) is 30.7 Å². The van der Waals surface area contributed by atoms with Gasteiger partial charge in [-0.05, 0) is 84.9 Å². The Morgan fingerprint density at radius 3 is 1.22 bits per heavy atom. The molecule has 0 aliphatic carbocycles.